The molecule has 3 amide bonds. The lowest BCUT2D eigenvalue weighted by molar-refractivity contribution is -0.148. The number of imidazole rings is 2. The summed E-state index contributed by atoms with van der Waals surface area (Å²) in [5.41, 5.74) is 3.51. The van der Waals surface area contributed by atoms with Gasteiger partial charge >= 0.3 is 12.1 Å². The number of pyridine rings is 3. The van der Waals surface area contributed by atoms with Crippen LogP contribution in [0, 0.1) is 17.8 Å². The minimum absolute atomic E-state index is 0.0175. The molecule has 5 aromatic rings. The molecule has 7 rings (SSSR count). The van der Waals surface area contributed by atoms with Crippen molar-refractivity contribution in [3.8, 4) is 22.8 Å². The fourth-order valence-electron chi connectivity index (χ4n) is 7.86. The van der Waals surface area contributed by atoms with Gasteiger partial charge in [-0.25, -0.2) is 14.8 Å². The zero-order valence-corrected chi connectivity index (χ0v) is 32.5. The van der Waals surface area contributed by atoms with E-state index < -0.39 is 24.0 Å². The van der Waals surface area contributed by atoms with Crippen molar-refractivity contribution in [3.63, 3.8) is 0 Å². The van der Waals surface area contributed by atoms with E-state index in [9.17, 15) is 19.2 Å². The van der Waals surface area contributed by atoms with Crippen molar-refractivity contribution in [2.24, 2.45) is 17.8 Å². The molecule has 294 valence electrons. The van der Waals surface area contributed by atoms with Crippen LogP contribution >= 0.6 is 0 Å². The van der Waals surface area contributed by atoms with E-state index in [2.05, 4.69) is 25.3 Å². The topological polar surface area (TPSA) is 201 Å². The number of alkyl carbamates (subject to hydrolysis) is 1. The Morgan fingerprint density at radius 3 is 1.89 bits per heavy atom. The van der Waals surface area contributed by atoms with E-state index in [1.807, 2.05) is 57.1 Å². The summed E-state index contributed by atoms with van der Waals surface area (Å²) < 4.78 is 9.62. The van der Waals surface area contributed by atoms with E-state index in [0.29, 0.717) is 41.8 Å². The summed E-state index contributed by atoms with van der Waals surface area (Å²) in [6.45, 7) is 8.83. The number of esters is 1. The van der Waals surface area contributed by atoms with Gasteiger partial charge in [0.1, 0.15) is 17.7 Å². The average Bonchev–Trinajstić information content (AvgIpc) is 4.04. The van der Waals surface area contributed by atoms with Crippen molar-refractivity contribution in [1.82, 2.24) is 50.0 Å². The van der Waals surface area contributed by atoms with Crippen LogP contribution in [0.25, 0.3) is 44.5 Å². The molecule has 0 saturated carbocycles. The van der Waals surface area contributed by atoms with E-state index in [1.54, 1.807) is 23.5 Å². The monoisotopic (exact) mass is 764 g/mol. The van der Waals surface area contributed by atoms with Gasteiger partial charge in [-0.05, 0) is 49.7 Å². The molecule has 7 heterocycles. The molecule has 5 aromatic heterocycles. The number of carbonyl (C=O) groups is 4. The summed E-state index contributed by atoms with van der Waals surface area (Å²) >= 11 is 0. The van der Waals surface area contributed by atoms with E-state index in [0.717, 1.165) is 53.1 Å². The van der Waals surface area contributed by atoms with Crippen LogP contribution in [0.5, 0.6) is 0 Å². The molecule has 2 aliphatic heterocycles. The second kappa shape index (κ2) is 16.0. The first kappa shape index (κ1) is 38.3. The van der Waals surface area contributed by atoms with E-state index in [4.69, 9.17) is 24.4 Å². The molecule has 16 heteroatoms. The van der Waals surface area contributed by atoms with Crippen molar-refractivity contribution in [2.45, 2.75) is 77.9 Å². The van der Waals surface area contributed by atoms with Gasteiger partial charge in [-0.2, -0.15) is 0 Å². The SMILES string of the molecule is COC(=O)C[C@H](C(=O)N1CCC[C@H]1c1ncc(-c2cc3cnc4cc(-c5cnc([C@@H]6CCCN6C(=O)[C@@H](NC(=O)OC)C(C)C)[nH]5)ncc4c3cn2)[nH]1)C(C)C. The maximum absolute atomic E-state index is 13.6. The van der Waals surface area contributed by atoms with Crippen LogP contribution in [0.3, 0.4) is 0 Å². The summed E-state index contributed by atoms with van der Waals surface area (Å²) in [7, 11) is 2.62. The fourth-order valence-corrected chi connectivity index (χ4v) is 7.86. The smallest absolute Gasteiger partial charge is 0.407 e. The maximum Gasteiger partial charge on any atom is 0.407 e. The molecular weight excluding hydrogens is 717 g/mol. The number of fused-ring (bicyclic) bond motifs is 3. The molecule has 2 saturated heterocycles. The lowest BCUT2D eigenvalue weighted by atomic mass is 9.91. The molecular formula is C40H48N10O6. The van der Waals surface area contributed by atoms with Crippen molar-refractivity contribution >= 4 is 45.6 Å². The largest absolute Gasteiger partial charge is 0.469 e. The van der Waals surface area contributed by atoms with E-state index in [1.165, 1.54) is 14.2 Å². The van der Waals surface area contributed by atoms with Gasteiger partial charge < -0.3 is 34.6 Å². The van der Waals surface area contributed by atoms with Gasteiger partial charge in [-0.1, -0.05) is 27.7 Å². The predicted molar refractivity (Wildman–Crippen MR) is 207 cm³/mol. The third kappa shape index (κ3) is 7.51. The molecule has 0 aliphatic carbocycles. The summed E-state index contributed by atoms with van der Waals surface area (Å²) in [5.74, 6) is 0.110. The lowest BCUT2D eigenvalue weighted by Gasteiger charge is -2.30. The van der Waals surface area contributed by atoms with Crippen LogP contribution in [0.4, 0.5) is 4.79 Å². The van der Waals surface area contributed by atoms with Crippen LogP contribution in [0.2, 0.25) is 0 Å². The Balaban J connectivity index is 1.08. The Hall–Kier alpha value is -5.93. The van der Waals surface area contributed by atoms with Gasteiger partial charge in [0, 0.05) is 47.8 Å². The number of hydrogen-bond acceptors (Lipinski definition) is 11. The van der Waals surface area contributed by atoms with Crippen molar-refractivity contribution in [2.75, 3.05) is 27.3 Å². The number of aromatic nitrogens is 7. The highest BCUT2D eigenvalue weighted by Gasteiger charge is 2.39. The van der Waals surface area contributed by atoms with Gasteiger partial charge in [0.2, 0.25) is 11.8 Å². The lowest BCUT2D eigenvalue weighted by Crippen LogP contribution is -2.51. The Kier molecular flexibility index (Phi) is 11.0. The molecule has 3 N–H and O–H groups in total. The fraction of sp³-hybridized carbons (Fsp3) is 0.475. The minimum atomic E-state index is -0.716. The zero-order valence-electron chi connectivity index (χ0n) is 32.5. The second-order valence-electron chi connectivity index (χ2n) is 15.2. The third-order valence-electron chi connectivity index (χ3n) is 11.0. The first-order valence-corrected chi connectivity index (χ1v) is 19.1. The molecule has 0 radical (unpaired) electrons. The number of rotatable bonds is 11. The first-order valence-electron chi connectivity index (χ1n) is 19.1. The number of nitrogens with zero attached hydrogens (tertiary/aromatic N) is 7. The summed E-state index contributed by atoms with van der Waals surface area (Å²) in [6, 6.07) is 2.65. The molecule has 0 spiro atoms. The number of nitrogens with one attached hydrogen (secondary N) is 3. The minimum Gasteiger partial charge on any atom is -0.469 e. The highest BCUT2D eigenvalue weighted by Crippen LogP contribution is 2.36. The number of aromatic amines is 2. The van der Waals surface area contributed by atoms with Crippen LogP contribution < -0.4 is 5.32 Å². The third-order valence-corrected chi connectivity index (χ3v) is 11.0. The highest BCUT2D eigenvalue weighted by atomic mass is 16.5. The molecule has 0 aromatic carbocycles. The summed E-state index contributed by atoms with van der Waals surface area (Å²) in [5, 5.41) is 5.29. The number of carbonyl (C=O) groups excluding carboxylic acids is 4. The van der Waals surface area contributed by atoms with Crippen LogP contribution in [0.15, 0.2) is 43.1 Å². The van der Waals surface area contributed by atoms with Crippen LogP contribution in [0.1, 0.15) is 83.5 Å². The molecule has 56 heavy (non-hydrogen) atoms. The average molecular weight is 765 g/mol. The standard InChI is InChI=1S/C40H48N10O6/c1-21(2)24(14-34(51)55-5)38(52)49-11-7-9-32(49)36-44-19-30(46-36)28-13-23-16-41-27-15-29(43-18-26(27)25(23)17-42-28)31-20-45-37(47-31)33-10-8-12-50(33)39(53)35(22(3)4)48-40(54)56-6/h13,15-22,24,32-33,35H,7-12,14H2,1-6H3,(H,44,46)(H,45,47)(H,48,54)/t24-,32-,33-,35-/m0/s1. The van der Waals surface area contributed by atoms with Gasteiger partial charge in [0.15, 0.2) is 0 Å². The normalized spacial score (nSPS) is 18.2. The van der Waals surface area contributed by atoms with Crippen molar-refractivity contribution in [1.29, 1.82) is 0 Å². The number of likely N-dealkylation sites (tertiary alicyclic amines) is 2. The number of ether oxygens (including phenoxy) is 2. The highest BCUT2D eigenvalue weighted by molar-refractivity contribution is 6.05. The Labute approximate surface area is 324 Å². The zero-order chi connectivity index (χ0) is 39.7. The predicted octanol–water partition coefficient (Wildman–Crippen LogP) is 5.50. The van der Waals surface area contributed by atoms with Gasteiger partial charge in [-0.15, -0.1) is 0 Å². The molecule has 2 aliphatic rings. The summed E-state index contributed by atoms with van der Waals surface area (Å²) in [4.78, 5) is 85.3. The summed E-state index contributed by atoms with van der Waals surface area (Å²) in [6.07, 6.45) is 11.4. The quantitative estimate of drug-likeness (QED) is 0.113. The first-order chi connectivity index (χ1) is 27.0. The van der Waals surface area contributed by atoms with Gasteiger partial charge in [-0.3, -0.25) is 29.3 Å². The van der Waals surface area contributed by atoms with Crippen LogP contribution in [-0.4, -0.2) is 102 Å². The number of amides is 3. The second-order valence-corrected chi connectivity index (χ2v) is 15.2. The molecule has 2 fully saturated rings. The van der Waals surface area contributed by atoms with Crippen molar-refractivity contribution in [3.05, 3.63) is 54.8 Å². The van der Waals surface area contributed by atoms with Crippen LogP contribution in [-0.2, 0) is 23.9 Å². The van der Waals surface area contributed by atoms with E-state index in [-0.39, 0.29) is 42.2 Å². The number of H-pyrrole nitrogens is 2. The van der Waals surface area contributed by atoms with Crippen molar-refractivity contribution < 1.29 is 28.7 Å². The Morgan fingerprint density at radius 2 is 1.32 bits per heavy atom. The molecule has 16 nitrogen and oxygen atoms in total. The van der Waals surface area contributed by atoms with Gasteiger partial charge in [0.25, 0.3) is 0 Å². The number of methoxy groups -OCH3 is 2. The molecule has 0 bridgehead atoms. The maximum atomic E-state index is 13.6. The molecule has 0 unspecified atom stereocenters. The molecule has 4 atom stereocenters. The van der Waals surface area contributed by atoms with Gasteiger partial charge in [0.05, 0.1) is 79.3 Å². The Morgan fingerprint density at radius 1 is 0.732 bits per heavy atom. The Bertz CT molecular complexity index is 2110. The van der Waals surface area contributed by atoms with E-state index >= 15 is 0 Å². The number of hydrogen-bond donors (Lipinski definition) is 3.